The summed E-state index contributed by atoms with van der Waals surface area (Å²) in [6.07, 6.45) is 5.04. The molecule has 2 aliphatic rings. The summed E-state index contributed by atoms with van der Waals surface area (Å²) in [5.74, 6) is 1.11. The van der Waals surface area contributed by atoms with Crippen LogP contribution in [0.15, 0.2) is 24.3 Å². The lowest BCUT2D eigenvalue weighted by atomic mass is 10.1. The first-order valence-corrected chi connectivity index (χ1v) is 8.71. The number of aryl methyl sites for hydroxylation is 1. The Kier molecular flexibility index (Phi) is 6.79. The van der Waals surface area contributed by atoms with E-state index in [0.29, 0.717) is 19.1 Å². The molecule has 1 saturated heterocycles. The molecular formula is C19H28N2O3. The molecule has 5 heteroatoms. The average Bonchev–Trinajstić information content (AvgIpc) is 3.19. The molecular weight excluding hydrogens is 304 g/mol. The molecule has 1 N–H and O–H groups in total. The van der Waals surface area contributed by atoms with Crippen molar-refractivity contribution in [3.63, 3.8) is 0 Å². The van der Waals surface area contributed by atoms with Crippen LogP contribution in [0.2, 0.25) is 0 Å². The Bertz CT molecular complexity index is 544. The minimum Gasteiger partial charge on any atom is -0.483 e. The van der Waals surface area contributed by atoms with E-state index >= 15 is 0 Å². The van der Waals surface area contributed by atoms with E-state index in [1.165, 1.54) is 30.4 Å². The minimum absolute atomic E-state index is 0.250. The van der Waals surface area contributed by atoms with Gasteiger partial charge in [-0.2, -0.15) is 0 Å². The molecule has 0 radical (unpaired) electrons. The lowest BCUT2D eigenvalue weighted by Gasteiger charge is -2.28. The highest BCUT2D eigenvalue weighted by Crippen LogP contribution is 2.37. The van der Waals surface area contributed by atoms with Crippen molar-refractivity contribution in [1.29, 1.82) is 0 Å². The normalized spacial score (nSPS) is 21.9. The van der Waals surface area contributed by atoms with Crippen molar-refractivity contribution in [2.24, 2.45) is 5.92 Å². The Morgan fingerprint density at radius 2 is 1.92 bits per heavy atom. The number of carbonyl (C=O) groups excluding carboxylic acids is 1. The van der Waals surface area contributed by atoms with Gasteiger partial charge in [0.05, 0.1) is 6.54 Å². The highest BCUT2D eigenvalue weighted by atomic mass is 16.3. The van der Waals surface area contributed by atoms with E-state index in [9.17, 15) is 4.79 Å². The quantitative estimate of drug-likeness (QED) is 0.841. The zero-order valence-corrected chi connectivity index (χ0v) is 14.6. The number of nitrogens with zero attached hydrogens (tertiary/aromatic N) is 2. The van der Waals surface area contributed by atoms with Crippen LogP contribution in [-0.4, -0.2) is 53.5 Å². The Morgan fingerprint density at radius 1 is 1.29 bits per heavy atom. The lowest BCUT2D eigenvalue weighted by Crippen LogP contribution is -2.41. The molecule has 24 heavy (non-hydrogen) atoms. The zero-order chi connectivity index (χ0) is 17.5. The zero-order valence-electron chi connectivity index (χ0n) is 14.6. The van der Waals surface area contributed by atoms with E-state index < -0.39 is 0 Å². The van der Waals surface area contributed by atoms with Gasteiger partial charge in [0, 0.05) is 26.2 Å². The number of carbonyl (C=O) groups is 2. The van der Waals surface area contributed by atoms with Crippen molar-refractivity contribution in [2.45, 2.75) is 45.2 Å². The van der Waals surface area contributed by atoms with Gasteiger partial charge in [0.2, 0.25) is 5.91 Å². The highest BCUT2D eigenvalue weighted by Gasteiger charge is 2.38. The number of amides is 1. The molecule has 3 rings (SSSR count). The molecule has 1 aromatic rings. The standard InChI is InChI=1S/C18H26N2O.CH2O2/c1-3-14-4-6-15(7-5-14)11-19(2)18(21)13-20-12-16-8-9-17(20)10-16;2-1-3/h4-7,16-17H,3,8-13H2,1-2H3;1H,(H,2,3)/t16-,17+;/m1./s1. The molecule has 132 valence electrons. The first kappa shape index (κ1) is 18.5. The van der Waals surface area contributed by atoms with E-state index in [2.05, 4.69) is 36.1 Å². The third-order valence-corrected chi connectivity index (χ3v) is 5.14. The molecule has 2 fully saturated rings. The first-order chi connectivity index (χ1) is 11.6. The summed E-state index contributed by atoms with van der Waals surface area (Å²) in [4.78, 5) is 25.0. The second-order valence-corrected chi connectivity index (χ2v) is 6.79. The fourth-order valence-corrected chi connectivity index (χ4v) is 3.76. The van der Waals surface area contributed by atoms with Gasteiger partial charge in [-0.1, -0.05) is 31.2 Å². The molecule has 1 aliphatic heterocycles. The fourth-order valence-electron chi connectivity index (χ4n) is 3.76. The number of hydrogen-bond acceptors (Lipinski definition) is 3. The number of hydrogen-bond donors (Lipinski definition) is 1. The van der Waals surface area contributed by atoms with Crippen molar-refractivity contribution in [2.75, 3.05) is 20.1 Å². The maximum atomic E-state index is 12.4. The first-order valence-electron chi connectivity index (χ1n) is 8.71. The van der Waals surface area contributed by atoms with Crippen molar-refractivity contribution >= 4 is 12.4 Å². The molecule has 1 amide bonds. The number of rotatable bonds is 5. The molecule has 1 aliphatic carbocycles. The second kappa shape index (κ2) is 8.83. The van der Waals surface area contributed by atoms with E-state index in [-0.39, 0.29) is 12.4 Å². The smallest absolute Gasteiger partial charge is 0.290 e. The van der Waals surface area contributed by atoms with Gasteiger partial charge in [-0.15, -0.1) is 0 Å². The molecule has 1 saturated carbocycles. The molecule has 2 atom stereocenters. The largest absolute Gasteiger partial charge is 0.483 e. The van der Waals surface area contributed by atoms with E-state index in [1.54, 1.807) is 0 Å². The third-order valence-electron chi connectivity index (χ3n) is 5.14. The van der Waals surface area contributed by atoms with Gasteiger partial charge >= 0.3 is 0 Å². The summed E-state index contributed by atoms with van der Waals surface area (Å²) in [5.41, 5.74) is 2.56. The Morgan fingerprint density at radius 3 is 2.42 bits per heavy atom. The van der Waals surface area contributed by atoms with Crippen LogP contribution >= 0.6 is 0 Å². The van der Waals surface area contributed by atoms with Crippen LogP contribution in [0.3, 0.4) is 0 Å². The van der Waals surface area contributed by atoms with E-state index in [0.717, 1.165) is 18.9 Å². The SMILES string of the molecule is CCc1ccc(CN(C)C(=O)CN2C[C@@H]3CC[C@H]2C3)cc1.O=CO. The molecule has 0 unspecified atom stereocenters. The molecule has 2 bridgehead atoms. The molecule has 1 aromatic carbocycles. The maximum Gasteiger partial charge on any atom is 0.290 e. The van der Waals surface area contributed by atoms with Gasteiger partial charge in [0.25, 0.3) is 6.47 Å². The second-order valence-electron chi connectivity index (χ2n) is 6.79. The Labute approximate surface area is 144 Å². The third kappa shape index (κ3) is 4.81. The van der Waals surface area contributed by atoms with E-state index in [1.807, 2.05) is 11.9 Å². The Balaban J connectivity index is 0.000000647. The van der Waals surface area contributed by atoms with E-state index in [4.69, 9.17) is 9.90 Å². The number of piperidine rings is 1. The Hall–Kier alpha value is -1.88. The van der Waals surface area contributed by atoms with Crippen molar-refractivity contribution in [3.05, 3.63) is 35.4 Å². The number of likely N-dealkylation sites (N-methyl/N-ethyl adjacent to an activating group) is 1. The molecule has 0 aromatic heterocycles. The topological polar surface area (TPSA) is 60.9 Å². The number of likely N-dealkylation sites (tertiary alicyclic amines) is 1. The van der Waals surface area contributed by atoms with Gasteiger partial charge in [0.1, 0.15) is 0 Å². The van der Waals surface area contributed by atoms with Crippen molar-refractivity contribution < 1.29 is 14.7 Å². The van der Waals surface area contributed by atoms with Crippen LogP contribution in [0.4, 0.5) is 0 Å². The summed E-state index contributed by atoms with van der Waals surface area (Å²) in [6, 6.07) is 9.28. The fraction of sp³-hybridized carbons (Fsp3) is 0.579. The van der Waals surface area contributed by atoms with Crippen LogP contribution in [0, 0.1) is 5.92 Å². The molecule has 1 heterocycles. The average molecular weight is 332 g/mol. The van der Waals surface area contributed by atoms with Crippen LogP contribution in [0.1, 0.15) is 37.3 Å². The number of fused-ring (bicyclic) bond motifs is 2. The molecule has 5 nitrogen and oxygen atoms in total. The van der Waals surface area contributed by atoms with Gasteiger partial charge in [-0.25, -0.2) is 0 Å². The summed E-state index contributed by atoms with van der Waals surface area (Å²) in [7, 11) is 1.92. The van der Waals surface area contributed by atoms with Crippen LogP contribution in [0.5, 0.6) is 0 Å². The van der Waals surface area contributed by atoms with Gasteiger partial charge < -0.3 is 10.0 Å². The maximum absolute atomic E-state index is 12.4. The van der Waals surface area contributed by atoms with Crippen LogP contribution in [0.25, 0.3) is 0 Å². The molecule has 0 spiro atoms. The van der Waals surface area contributed by atoms with Gasteiger partial charge in [-0.3, -0.25) is 14.5 Å². The van der Waals surface area contributed by atoms with Crippen LogP contribution < -0.4 is 0 Å². The van der Waals surface area contributed by atoms with Crippen molar-refractivity contribution in [3.8, 4) is 0 Å². The number of carboxylic acid groups (broad SMARTS) is 1. The summed E-state index contributed by atoms with van der Waals surface area (Å²) in [5, 5.41) is 6.89. The summed E-state index contributed by atoms with van der Waals surface area (Å²) in [6.45, 7) is 4.36. The lowest BCUT2D eigenvalue weighted by molar-refractivity contribution is -0.132. The van der Waals surface area contributed by atoms with Gasteiger partial charge in [-0.05, 0) is 42.7 Å². The highest BCUT2D eigenvalue weighted by molar-refractivity contribution is 5.78. The predicted molar refractivity (Wildman–Crippen MR) is 93.7 cm³/mol. The van der Waals surface area contributed by atoms with Gasteiger partial charge in [0.15, 0.2) is 0 Å². The van der Waals surface area contributed by atoms with Crippen LogP contribution in [-0.2, 0) is 22.6 Å². The summed E-state index contributed by atoms with van der Waals surface area (Å²) < 4.78 is 0. The summed E-state index contributed by atoms with van der Waals surface area (Å²) >= 11 is 0. The number of benzene rings is 1. The van der Waals surface area contributed by atoms with Crippen molar-refractivity contribution in [1.82, 2.24) is 9.80 Å². The predicted octanol–water partition coefficient (Wildman–Crippen LogP) is 2.39. The monoisotopic (exact) mass is 332 g/mol. The minimum atomic E-state index is -0.250.